The van der Waals surface area contributed by atoms with Crippen molar-refractivity contribution in [1.82, 2.24) is 4.72 Å². The van der Waals surface area contributed by atoms with Crippen LogP contribution in [-0.2, 0) is 10.0 Å². The molecule has 0 radical (unpaired) electrons. The Balaban J connectivity index is 2.50. The first kappa shape index (κ1) is 15.2. The Kier molecular flexibility index (Phi) is 4.57. The number of rotatable bonds is 5. The van der Waals surface area contributed by atoms with Gasteiger partial charge < -0.3 is 5.73 Å². The predicted molar refractivity (Wildman–Crippen MR) is 86.5 cm³/mol. The van der Waals surface area contributed by atoms with Gasteiger partial charge in [0.15, 0.2) is 0 Å². The van der Waals surface area contributed by atoms with Crippen LogP contribution in [0, 0.1) is 0 Å². The van der Waals surface area contributed by atoms with E-state index in [1.807, 2.05) is 31.4 Å². The third-order valence-electron chi connectivity index (χ3n) is 2.98. The van der Waals surface area contributed by atoms with Gasteiger partial charge in [0.05, 0.1) is 4.90 Å². The van der Waals surface area contributed by atoms with Crippen LogP contribution in [0.4, 0.5) is 5.69 Å². The number of nitrogens with two attached hydrogens (primary N) is 1. The number of benzene rings is 2. The fraction of sp³-hybridized carbons (Fsp3) is 0.286. The number of thioether (sulfide) groups is 1. The molecule has 0 aliphatic rings. The van der Waals surface area contributed by atoms with Crippen LogP contribution in [0.3, 0.4) is 0 Å². The maximum Gasteiger partial charge on any atom is 0.241 e. The Labute approximate surface area is 123 Å². The molecule has 0 saturated heterocycles. The molecule has 1 unspecified atom stereocenters. The summed E-state index contributed by atoms with van der Waals surface area (Å²) >= 11 is 1.60. The molecule has 2 aromatic carbocycles. The van der Waals surface area contributed by atoms with Gasteiger partial charge in [-0.15, -0.1) is 0 Å². The van der Waals surface area contributed by atoms with E-state index in [0.717, 1.165) is 11.1 Å². The molecule has 6 heteroatoms. The SMILES string of the molecule is CSCC(C)NS(=O)(=O)c1ccc(N)c2ccccc12. The van der Waals surface area contributed by atoms with Crippen molar-refractivity contribution < 1.29 is 8.42 Å². The van der Waals surface area contributed by atoms with Gasteiger partial charge in [0, 0.05) is 28.3 Å². The highest BCUT2D eigenvalue weighted by Gasteiger charge is 2.20. The Morgan fingerprint density at radius 1 is 1.20 bits per heavy atom. The van der Waals surface area contributed by atoms with Crippen molar-refractivity contribution in [3.05, 3.63) is 36.4 Å². The van der Waals surface area contributed by atoms with E-state index in [0.29, 0.717) is 11.1 Å². The molecule has 0 heterocycles. The molecule has 0 aromatic heterocycles. The lowest BCUT2D eigenvalue weighted by Gasteiger charge is -2.15. The lowest BCUT2D eigenvalue weighted by Crippen LogP contribution is -2.34. The summed E-state index contributed by atoms with van der Waals surface area (Å²) in [5.74, 6) is 0.728. The van der Waals surface area contributed by atoms with Gasteiger partial charge in [-0.2, -0.15) is 11.8 Å². The number of nitrogen functional groups attached to an aromatic ring is 1. The number of fused-ring (bicyclic) bond motifs is 1. The summed E-state index contributed by atoms with van der Waals surface area (Å²) < 4.78 is 27.7. The zero-order chi connectivity index (χ0) is 14.8. The largest absolute Gasteiger partial charge is 0.398 e. The molecular weight excluding hydrogens is 292 g/mol. The van der Waals surface area contributed by atoms with Crippen molar-refractivity contribution in [1.29, 1.82) is 0 Å². The van der Waals surface area contributed by atoms with Gasteiger partial charge in [0.2, 0.25) is 10.0 Å². The Morgan fingerprint density at radius 3 is 2.50 bits per heavy atom. The molecule has 1 atom stereocenters. The number of hydrogen-bond donors (Lipinski definition) is 2. The van der Waals surface area contributed by atoms with Gasteiger partial charge in [-0.3, -0.25) is 0 Å². The molecule has 108 valence electrons. The second kappa shape index (κ2) is 6.03. The Bertz CT molecular complexity index is 714. The van der Waals surface area contributed by atoms with E-state index in [9.17, 15) is 8.42 Å². The van der Waals surface area contributed by atoms with Crippen LogP contribution >= 0.6 is 11.8 Å². The molecule has 0 saturated carbocycles. The molecule has 20 heavy (non-hydrogen) atoms. The molecule has 2 rings (SSSR count). The maximum absolute atomic E-state index is 12.5. The third kappa shape index (κ3) is 3.08. The molecule has 0 amide bonds. The van der Waals surface area contributed by atoms with E-state index in [2.05, 4.69) is 4.72 Å². The highest BCUT2D eigenvalue weighted by atomic mass is 32.2. The lowest BCUT2D eigenvalue weighted by atomic mass is 10.1. The quantitative estimate of drug-likeness (QED) is 0.832. The lowest BCUT2D eigenvalue weighted by molar-refractivity contribution is 0.572. The van der Waals surface area contributed by atoms with Gasteiger partial charge in [-0.05, 0) is 25.3 Å². The Hall–Kier alpha value is -1.24. The number of sulfonamides is 1. The van der Waals surface area contributed by atoms with Crippen LogP contribution < -0.4 is 10.5 Å². The maximum atomic E-state index is 12.5. The van der Waals surface area contributed by atoms with Crippen molar-refractivity contribution in [2.45, 2.75) is 17.9 Å². The van der Waals surface area contributed by atoms with Crippen LogP contribution in [0.1, 0.15) is 6.92 Å². The summed E-state index contributed by atoms with van der Waals surface area (Å²) in [6, 6.07) is 10.3. The van der Waals surface area contributed by atoms with Crippen LogP contribution in [0.5, 0.6) is 0 Å². The van der Waals surface area contributed by atoms with Gasteiger partial charge in [-0.25, -0.2) is 13.1 Å². The first-order chi connectivity index (χ1) is 9.45. The summed E-state index contributed by atoms with van der Waals surface area (Å²) in [5.41, 5.74) is 6.48. The van der Waals surface area contributed by atoms with Gasteiger partial charge in [0.1, 0.15) is 0 Å². The van der Waals surface area contributed by atoms with Crippen LogP contribution in [0.2, 0.25) is 0 Å². The van der Waals surface area contributed by atoms with Crippen molar-refractivity contribution in [2.24, 2.45) is 0 Å². The van der Waals surface area contributed by atoms with Crippen LogP contribution in [0.15, 0.2) is 41.3 Å². The van der Waals surface area contributed by atoms with Crippen molar-refractivity contribution in [3.8, 4) is 0 Å². The molecule has 3 N–H and O–H groups in total. The van der Waals surface area contributed by atoms with E-state index >= 15 is 0 Å². The minimum Gasteiger partial charge on any atom is -0.398 e. The van der Waals surface area contributed by atoms with Crippen molar-refractivity contribution >= 4 is 38.2 Å². The molecule has 4 nitrogen and oxygen atoms in total. The van der Waals surface area contributed by atoms with Crippen LogP contribution in [-0.4, -0.2) is 26.5 Å². The van der Waals surface area contributed by atoms with Crippen molar-refractivity contribution in [2.75, 3.05) is 17.7 Å². The molecule has 0 spiro atoms. The first-order valence-corrected chi connectivity index (χ1v) is 9.12. The molecule has 2 aromatic rings. The minimum absolute atomic E-state index is 0.119. The number of nitrogens with one attached hydrogen (secondary N) is 1. The standard InChI is InChI=1S/C14H18N2O2S2/c1-10(9-19-2)16-20(17,18)14-8-7-13(15)11-5-3-4-6-12(11)14/h3-8,10,16H,9,15H2,1-2H3. The number of hydrogen-bond acceptors (Lipinski definition) is 4. The third-order valence-corrected chi connectivity index (χ3v) is 5.46. The van der Waals surface area contributed by atoms with Crippen molar-refractivity contribution in [3.63, 3.8) is 0 Å². The van der Waals surface area contributed by atoms with Gasteiger partial charge in [-0.1, -0.05) is 24.3 Å². The summed E-state index contributed by atoms with van der Waals surface area (Å²) in [4.78, 5) is 0.273. The molecule has 0 fully saturated rings. The Morgan fingerprint density at radius 2 is 1.85 bits per heavy atom. The zero-order valence-corrected chi connectivity index (χ0v) is 13.1. The average molecular weight is 310 g/mol. The minimum atomic E-state index is -3.54. The monoisotopic (exact) mass is 310 g/mol. The summed E-state index contributed by atoms with van der Waals surface area (Å²) in [5, 5.41) is 1.41. The second-order valence-corrected chi connectivity index (χ2v) is 7.27. The second-order valence-electron chi connectivity index (χ2n) is 4.68. The van der Waals surface area contributed by atoms with E-state index < -0.39 is 10.0 Å². The van der Waals surface area contributed by atoms with E-state index in [-0.39, 0.29) is 10.9 Å². The van der Waals surface area contributed by atoms with E-state index in [4.69, 9.17) is 5.73 Å². The van der Waals surface area contributed by atoms with E-state index in [1.165, 1.54) is 0 Å². The van der Waals surface area contributed by atoms with Gasteiger partial charge >= 0.3 is 0 Å². The predicted octanol–water partition coefficient (Wildman–Crippen LogP) is 2.45. The summed E-state index contributed by atoms with van der Waals surface area (Å²) in [7, 11) is -3.54. The van der Waals surface area contributed by atoms with E-state index in [1.54, 1.807) is 30.0 Å². The zero-order valence-electron chi connectivity index (χ0n) is 11.5. The molecule has 0 bridgehead atoms. The highest BCUT2D eigenvalue weighted by molar-refractivity contribution is 7.98. The topological polar surface area (TPSA) is 72.2 Å². The smallest absolute Gasteiger partial charge is 0.241 e. The first-order valence-electron chi connectivity index (χ1n) is 6.24. The number of anilines is 1. The summed E-state index contributed by atoms with van der Waals surface area (Å²) in [6.07, 6.45) is 1.95. The molecule has 0 aliphatic carbocycles. The highest BCUT2D eigenvalue weighted by Crippen LogP contribution is 2.27. The molecule has 0 aliphatic heterocycles. The summed E-state index contributed by atoms with van der Waals surface area (Å²) in [6.45, 7) is 1.85. The fourth-order valence-electron chi connectivity index (χ4n) is 2.14. The molecular formula is C14H18N2O2S2. The normalized spacial score (nSPS) is 13.5. The average Bonchev–Trinajstić information content (AvgIpc) is 2.38. The van der Waals surface area contributed by atoms with Gasteiger partial charge in [0.25, 0.3) is 0 Å². The van der Waals surface area contributed by atoms with Crippen LogP contribution in [0.25, 0.3) is 10.8 Å². The fourth-order valence-corrected chi connectivity index (χ4v) is 4.28.